The van der Waals surface area contributed by atoms with Crippen molar-refractivity contribution in [3.8, 4) is 0 Å². The second-order valence-electron chi connectivity index (χ2n) is 6.51. The van der Waals surface area contributed by atoms with Gasteiger partial charge < -0.3 is 15.7 Å². The molecule has 128 valence electrons. The Kier molecular flexibility index (Phi) is 6.71. The van der Waals surface area contributed by atoms with Crippen LogP contribution in [0, 0.1) is 0 Å². The van der Waals surface area contributed by atoms with Gasteiger partial charge in [0.1, 0.15) is 5.60 Å². The summed E-state index contributed by atoms with van der Waals surface area (Å²) in [5, 5.41) is 17.8. The number of hydrogen-bond donors (Lipinski definition) is 3. The third-order valence-corrected chi connectivity index (χ3v) is 4.87. The zero-order valence-corrected chi connectivity index (χ0v) is 16.2. The van der Waals surface area contributed by atoms with Crippen molar-refractivity contribution in [2.45, 2.75) is 57.1 Å². The Balaban J connectivity index is 0.00000192. The van der Waals surface area contributed by atoms with E-state index in [9.17, 15) is 5.11 Å². The van der Waals surface area contributed by atoms with Gasteiger partial charge in [0.15, 0.2) is 5.96 Å². The van der Waals surface area contributed by atoms with E-state index in [4.69, 9.17) is 0 Å². The Labute approximate surface area is 156 Å². The molecule has 0 heterocycles. The first-order chi connectivity index (χ1) is 10.7. The molecule has 0 amide bonds. The molecule has 0 bridgehead atoms. The van der Waals surface area contributed by atoms with Gasteiger partial charge in [-0.1, -0.05) is 37.1 Å². The molecule has 1 aromatic rings. The Morgan fingerprint density at radius 1 is 1.30 bits per heavy atom. The summed E-state index contributed by atoms with van der Waals surface area (Å²) in [6, 6.07) is 8.72. The number of rotatable bonds is 4. The number of aliphatic hydroxyl groups is 1. The van der Waals surface area contributed by atoms with E-state index in [-0.39, 0.29) is 24.0 Å². The molecule has 3 rings (SSSR count). The minimum absolute atomic E-state index is 0. The Hall–Kier alpha value is -0.820. The van der Waals surface area contributed by atoms with Crippen LogP contribution in [0.4, 0.5) is 0 Å². The van der Waals surface area contributed by atoms with E-state index in [0.717, 1.165) is 30.9 Å². The lowest BCUT2D eigenvalue weighted by Crippen LogP contribution is -2.43. The van der Waals surface area contributed by atoms with Gasteiger partial charge in [-0.25, -0.2) is 4.99 Å². The van der Waals surface area contributed by atoms with Gasteiger partial charge in [0, 0.05) is 12.6 Å². The fraction of sp³-hybridized carbons (Fsp3) is 0.611. The summed E-state index contributed by atoms with van der Waals surface area (Å²) in [7, 11) is 0. The smallest absolute Gasteiger partial charge is 0.191 e. The van der Waals surface area contributed by atoms with Gasteiger partial charge in [0.05, 0.1) is 6.54 Å². The summed E-state index contributed by atoms with van der Waals surface area (Å²) in [5.41, 5.74) is 1.50. The van der Waals surface area contributed by atoms with Gasteiger partial charge >= 0.3 is 0 Å². The molecule has 0 saturated heterocycles. The summed E-state index contributed by atoms with van der Waals surface area (Å²) in [4.78, 5) is 4.67. The van der Waals surface area contributed by atoms with Crippen LogP contribution in [0.1, 0.15) is 50.2 Å². The fourth-order valence-electron chi connectivity index (χ4n) is 3.63. The molecule has 1 fully saturated rings. The maximum atomic E-state index is 11.0. The summed E-state index contributed by atoms with van der Waals surface area (Å²) >= 11 is 0. The molecule has 0 radical (unpaired) electrons. The molecular weight excluding hydrogens is 401 g/mol. The number of hydrogen-bond acceptors (Lipinski definition) is 2. The van der Waals surface area contributed by atoms with Crippen LogP contribution in [-0.2, 0) is 12.0 Å². The monoisotopic (exact) mass is 429 g/mol. The largest absolute Gasteiger partial charge is 0.383 e. The molecule has 0 spiro atoms. The molecule has 1 saturated carbocycles. The van der Waals surface area contributed by atoms with Crippen molar-refractivity contribution in [2.75, 3.05) is 13.1 Å². The van der Waals surface area contributed by atoms with E-state index in [1.807, 2.05) is 18.2 Å². The van der Waals surface area contributed by atoms with Crippen LogP contribution in [0.2, 0.25) is 0 Å². The van der Waals surface area contributed by atoms with E-state index < -0.39 is 5.60 Å². The third kappa shape index (κ3) is 4.38. The molecule has 1 atom stereocenters. The highest BCUT2D eigenvalue weighted by Crippen LogP contribution is 2.36. The number of halogens is 1. The molecule has 2 aliphatic carbocycles. The number of aliphatic imine (C=N–C) groups is 1. The van der Waals surface area contributed by atoms with Crippen LogP contribution in [0.3, 0.4) is 0 Å². The summed E-state index contributed by atoms with van der Waals surface area (Å²) in [5.74, 6) is 0.840. The molecule has 0 aliphatic heterocycles. The first-order valence-electron chi connectivity index (χ1n) is 8.57. The highest BCUT2D eigenvalue weighted by Gasteiger charge is 2.36. The maximum Gasteiger partial charge on any atom is 0.191 e. The quantitative estimate of drug-likeness (QED) is 0.392. The molecule has 4 nitrogen and oxygen atoms in total. The zero-order valence-electron chi connectivity index (χ0n) is 13.8. The van der Waals surface area contributed by atoms with Crippen molar-refractivity contribution in [3.63, 3.8) is 0 Å². The number of fused-ring (bicyclic) bond motifs is 1. The standard InChI is InChI=1S/C18H27N3O.HI/c1-2-19-17(21-15-8-4-5-9-15)20-13-18(22)12-11-14-7-3-6-10-16(14)18;/h3,6-7,10,15,22H,2,4-5,8-9,11-13H2,1H3,(H2,19,20,21);1H. The summed E-state index contributed by atoms with van der Waals surface area (Å²) in [6.07, 6.45) is 6.74. The number of benzene rings is 1. The molecule has 1 unspecified atom stereocenters. The minimum atomic E-state index is -0.811. The average Bonchev–Trinajstić information content (AvgIpc) is 3.15. The highest BCUT2D eigenvalue weighted by molar-refractivity contribution is 14.0. The predicted molar refractivity (Wildman–Crippen MR) is 105 cm³/mol. The highest BCUT2D eigenvalue weighted by atomic mass is 127. The average molecular weight is 429 g/mol. The molecule has 2 aliphatic rings. The molecule has 1 aromatic carbocycles. The van der Waals surface area contributed by atoms with E-state index in [1.165, 1.54) is 31.2 Å². The van der Waals surface area contributed by atoms with Gasteiger partial charge in [0.2, 0.25) is 0 Å². The number of guanidine groups is 1. The first-order valence-corrected chi connectivity index (χ1v) is 8.57. The topological polar surface area (TPSA) is 56.7 Å². The Bertz CT molecular complexity index is 543. The van der Waals surface area contributed by atoms with Crippen LogP contribution in [0.15, 0.2) is 29.3 Å². The van der Waals surface area contributed by atoms with Crippen molar-refractivity contribution in [2.24, 2.45) is 4.99 Å². The van der Waals surface area contributed by atoms with Crippen LogP contribution in [-0.4, -0.2) is 30.2 Å². The van der Waals surface area contributed by atoms with Crippen molar-refractivity contribution in [3.05, 3.63) is 35.4 Å². The lowest BCUT2D eigenvalue weighted by Gasteiger charge is -2.23. The molecule has 5 heteroatoms. The van der Waals surface area contributed by atoms with Gasteiger partial charge in [-0.05, 0) is 43.7 Å². The fourth-order valence-corrected chi connectivity index (χ4v) is 3.63. The summed E-state index contributed by atoms with van der Waals surface area (Å²) < 4.78 is 0. The van der Waals surface area contributed by atoms with Crippen LogP contribution in [0.5, 0.6) is 0 Å². The normalized spacial score (nSPS) is 24.2. The second-order valence-corrected chi connectivity index (χ2v) is 6.51. The van der Waals surface area contributed by atoms with E-state index in [2.05, 4.69) is 28.6 Å². The van der Waals surface area contributed by atoms with Crippen LogP contribution < -0.4 is 10.6 Å². The van der Waals surface area contributed by atoms with Gasteiger partial charge in [-0.3, -0.25) is 0 Å². The number of nitrogens with one attached hydrogen (secondary N) is 2. The molecule has 0 aromatic heterocycles. The minimum Gasteiger partial charge on any atom is -0.383 e. The van der Waals surface area contributed by atoms with Crippen molar-refractivity contribution in [1.82, 2.24) is 10.6 Å². The number of nitrogens with zero attached hydrogens (tertiary/aromatic N) is 1. The van der Waals surface area contributed by atoms with Crippen LogP contribution >= 0.6 is 24.0 Å². The molecule has 3 N–H and O–H groups in total. The van der Waals surface area contributed by atoms with Gasteiger partial charge in [0.25, 0.3) is 0 Å². The van der Waals surface area contributed by atoms with Crippen molar-refractivity contribution >= 4 is 29.9 Å². The lowest BCUT2D eigenvalue weighted by molar-refractivity contribution is 0.0485. The Morgan fingerprint density at radius 3 is 2.78 bits per heavy atom. The molecule has 23 heavy (non-hydrogen) atoms. The van der Waals surface area contributed by atoms with Gasteiger partial charge in [-0.15, -0.1) is 24.0 Å². The van der Waals surface area contributed by atoms with E-state index in [0.29, 0.717) is 12.6 Å². The number of aryl methyl sites for hydroxylation is 1. The van der Waals surface area contributed by atoms with Crippen LogP contribution in [0.25, 0.3) is 0 Å². The summed E-state index contributed by atoms with van der Waals surface area (Å²) in [6.45, 7) is 3.34. The maximum absolute atomic E-state index is 11.0. The van der Waals surface area contributed by atoms with Crippen molar-refractivity contribution in [1.29, 1.82) is 0 Å². The predicted octanol–water partition coefficient (Wildman–Crippen LogP) is 2.94. The second kappa shape index (κ2) is 8.33. The van der Waals surface area contributed by atoms with Crippen molar-refractivity contribution < 1.29 is 5.11 Å². The third-order valence-electron chi connectivity index (χ3n) is 4.87. The lowest BCUT2D eigenvalue weighted by atomic mass is 9.96. The Morgan fingerprint density at radius 2 is 2.04 bits per heavy atom. The van der Waals surface area contributed by atoms with E-state index >= 15 is 0 Å². The van der Waals surface area contributed by atoms with E-state index in [1.54, 1.807) is 0 Å². The molecular formula is C18H28IN3O. The first kappa shape index (κ1) is 18.5. The zero-order chi connectivity index (χ0) is 15.4. The van der Waals surface area contributed by atoms with Gasteiger partial charge in [-0.2, -0.15) is 0 Å². The SMILES string of the molecule is CCNC(=NCC1(O)CCc2ccccc21)NC1CCCC1.I.